The highest BCUT2D eigenvalue weighted by molar-refractivity contribution is 8.23. The largest absolute Gasteiger partial charge is 0.482 e. The summed E-state index contributed by atoms with van der Waals surface area (Å²) in [5.74, 6) is 0.320. The number of thioether (sulfide) groups is 1. The van der Waals surface area contributed by atoms with Crippen LogP contribution >= 0.6 is 24.0 Å². The van der Waals surface area contributed by atoms with E-state index in [2.05, 4.69) is 5.16 Å². The van der Waals surface area contributed by atoms with Crippen LogP contribution in [0.5, 0.6) is 0 Å². The molecule has 8 heteroatoms. The fourth-order valence-electron chi connectivity index (χ4n) is 1.13. The zero-order chi connectivity index (χ0) is 13.5. The van der Waals surface area contributed by atoms with Crippen LogP contribution in [0.1, 0.15) is 5.56 Å². The lowest BCUT2D eigenvalue weighted by Gasteiger charge is -2.04. The number of nitro groups is 1. The number of non-ortho nitro benzene ring substituents is 1. The summed E-state index contributed by atoms with van der Waals surface area (Å²) in [6.45, 7) is 0. The Bertz CT molecular complexity index is 473. The summed E-state index contributed by atoms with van der Waals surface area (Å²) in [6.07, 6.45) is 0. The molecule has 0 saturated carbocycles. The Morgan fingerprint density at radius 3 is 2.61 bits per heavy atom. The Labute approximate surface area is 113 Å². The Morgan fingerprint density at radius 1 is 1.56 bits per heavy atom. The summed E-state index contributed by atoms with van der Waals surface area (Å²) in [5.41, 5.74) is 0.944. The average Bonchev–Trinajstić information content (AvgIpc) is 2.39. The Balaban J connectivity index is 2.77. The second-order valence-corrected chi connectivity index (χ2v) is 4.67. The number of rotatable bonds is 4. The molecule has 0 heterocycles. The molecule has 0 aliphatic carbocycles. The predicted octanol–water partition coefficient (Wildman–Crippen LogP) is 2.44. The zero-order valence-electron chi connectivity index (χ0n) is 9.40. The van der Waals surface area contributed by atoms with E-state index in [-0.39, 0.29) is 5.69 Å². The summed E-state index contributed by atoms with van der Waals surface area (Å²) in [7, 11) is 1.46. The highest BCUT2D eigenvalue weighted by Gasteiger charge is 2.10. The predicted molar refractivity (Wildman–Crippen MR) is 73.5 cm³/mol. The third kappa shape index (κ3) is 3.97. The van der Waals surface area contributed by atoms with Crippen molar-refractivity contribution in [1.29, 1.82) is 0 Å². The summed E-state index contributed by atoms with van der Waals surface area (Å²) in [6, 6.07) is 5.73. The van der Waals surface area contributed by atoms with Crippen LogP contribution in [0.3, 0.4) is 0 Å². The van der Waals surface area contributed by atoms with Gasteiger partial charge in [-0.25, -0.2) is 0 Å². The molecule has 1 aromatic carbocycles. The van der Waals surface area contributed by atoms with E-state index >= 15 is 0 Å². The first-order valence-electron chi connectivity index (χ1n) is 4.75. The number of hydrogen-bond donors (Lipinski definition) is 1. The van der Waals surface area contributed by atoms with E-state index in [1.54, 1.807) is 0 Å². The first kappa shape index (κ1) is 14.4. The summed E-state index contributed by atoms with van der Waals surface area (Å²) in [4.78, 5) is 10.0. The van der Waals surface area contributed by atoms with Crippen molar-refractivity contribution < 1.29 is 14.9 Å². The monoisotopic (exact) mass is 286 g/mol. The fourth-order valence-corrected chi connectivity index (χ4v) is 1.91. The first-order chi connectivity index (χ1) is 8.58. The van der Waals surface area contributed by atoms with Gasteiger partial charge in [0.15, 0.2) is 0 Å². The van der Waals surface area contributed by atoms with E-state index in [1.165, 1.54) is 43.1 Å². The maximum atomic E-state index is 10.5. The van der Waals surface area contributed by atoms with Gasteiger partial charge in [0.05, 0.1) is 17.7 Å². The Kier molecular flexibility index (Phi) is 5.53. The van der Waals surface area contributed by atoms with Crippen LogP contribution in [-0.2, 0) is 4.74 Å². The van der Waals surface area contributed by atoms with E-state index < -0.39 is 4.92 Å². The first-order valence-corrected chi connectivity index (χ1v) is 6.14. The van der Waals surface area contributed by atoms with Crippen LogP contribution in [0.4, 0.5) is 5.69 Å². The number of hydrogen-bond acceptors (Lipinski definition) is 7. The molecule has 0 amide bonds. The molecule has 1 rings (SSSR count). The van der Waals surface area contributed by atoms with Gasteiger partial charge in [-0.05, 0) is 24.4 Å². The van der Waals surface area contributed by atoms with Crippen molar-refractivity contribution in [2.24, 2.45) is 5.16 Å². The van der Waals surface area contributed by atoms with Gasteiger partial charge in [-0.2, -0.15) is 0 Å². The lowest BCUT2D eigenvalue weighted by molar-refractivity contribution is -0.384. The van der Waals surface area contributed by atoms with E-state index in [4.69, 9.17) is 22.2 Å². The van der Waals surface area contributed by atoms with Crippen LogP contribution in [0.25, 0.3) is 0 Å². The lowest BCUT2D eigenvalue weighted by atomic mass is 10.1. The Hall–Kier alpha value is -1.67. The average molecular weight is 286 g/mol. The molecule has 0 aromatic heterocycles. The molecule has 18 heavy (non-hydrogen) atoms. The number of nitrogens with zero attached hydrogens (tertiary/aromatic N) is 2. The molecular formula is C10H10N2O4S2. The lowest BCUT2D eigenvalue weighted by Crippen LogP contribution is -2.07. The third-order valence-electron chi connectivity index (χ3n) is 2.03. The fraction of sp³-hybridized carbons (Fsp3) is 0.200. The second-order valence-electron chi connectivity index (χ2n) is 3.09. The molecule has 0 unspecified atom stereocenters. The van der Waals surface area contributed by atoms with Gasteiger partial charge in [0, 0.05) is 23.4 Å². The minimum Gasteiger partial charge on any atom is -0.482 e. The molecule has 0 spiro atoms. The number of benzene rings is 1. The highest BCUT2D eigenvalue weighted by atomic mass is 32.2. The van der Waals surface area contributed by atoms with Gasteiger partial charge in [0.25, 0.3) is 5.69 Å². The molecule has 0 aliphatic heterocycles. The summed E-state index contributed by atoms with van der Waals surface area (Å²) < 4.78 is 5.13. The van der Waals surface area contributed by atoms with Gasteiger partial charge < -0.3 is 9.94 Å². The normalized spacial score (nSPS) is 11.1. The van der Waals surface area contributed by atoms with Gasteiger partial charge in [-0.1, -0.05) is 16.9 Å². The minimum absolute atomic E-state index is 0.0175. The van der Waals surface area contributed by atoms with Gasteiger partial charge in [0.1, 0.15) is 0 Å². The van der Waals surface area contributed by atoms with Gasteiger partial charge >= 0.3 is 0 Å². The number of nitro benzene ring substituents is 1. The molecule has 0 saturated heterocycles. The number of ether oxygens (including phenoxy) is 1. The van der Waals surface area contributed by atoms with E-state index in [0.717, 1.165) is 0 Å². The van der Waals surface area contributed by atoms with Crippen LogP contribution in [0.2, 0.25) is 0 Å². The molecule has 0 fully saturated rings. The smallest absolute Gasteiger partial charge is 0.269 e. The maximum Gasteiger partial charge on any atom is 0.269 e. The molecule has 0 atom stereocenters. The standard InChI is InChI=1S/C10H10N2O4S2/c1-16-10(17)18-6-9(11-13)7-2-4-8(5-3-7)12(14)15/h2-5,13H,6H2,1H3. The van der Waals surface area contributed by atoms with Crippen molar-refractivity contribution in [2.45, 2.75) is 0 Å². The topological polar surface area (TPSA) is 85.0 Å². The molecule has 0 bridgehead atoms. The molecule has 6 nitrogen and oxygen atoms in total. The highest BCUT2D eigenvalue weighted by Crippen LogP contribution is 2.15. The van der Waals surface area contributed by atoms with Crippen molar-refractivity contribution in [3.05, 3.63) is 39.9 Å². The second kappa shape index (κ2) is 6.92. The SMILES string of the molecule is COC(=S)SCC(=NO)c1ccc([N+](=O)[O-])cc1. The quantitative estimate of drug-likeness (QED) is 0.301. The molecule has 0 radical (unpaired) electrons. The minimum atomic E-state index is -0.492. The molecule has 96 valence electrons. The van der Waals surface area contributed by atoms with Crippen molar-refractivity contribution in [3.8, 4) is 0 Å². The Morgan fingerprint density at radius 2 is 2.17 bits per heavy atom. The van der Waals surface area contributed by atoms with Gasteiger partial charge in [-0.15, -0.1) is 0 Å². The van der Waals surface area contributed by atoms with Crippen molar-refractivity contribution >= 4 is 39.8 Å². The summed E-state index contributed by atoms with van der Waals surface area (Å²) in [5, 5.41) is 22.5. The van der Waals surface area contributed by atoms with Crippen molar-refractivity contribution in [2.75, 3.05) is 12.9 Å². The summed E-state index contributed by atoms with van der Waals surface area (Å²) >= 11 is 6.04. The van der Waals surface area contributed by atoms with Gasteiger partial charge in [-0.3, -0.25) is 10.1 Å². The van der Waals surface area contributed by atoms with E-state index in [0.29, 0.717) is 21.4 Å². The molecule has 1 aromatic rings. The van der Waals surface area contributed by atoms with Crippen LogP contribution in [0.15, 0.2) is 29.4 Å². The molecule has 1 N–H and O–H groups in total. The molecule has 0 aliphatic rings. The maximum absolute atomic E-state index is 10.5. The van der Waals surface area contributed by atoms with E-state index in [1.807, 2.05) is 0 Å². The van der Waals surface area contributed by atoms with Crippen molar-refractivity contribution in [1.82, 2.24) is 0 Å². The number of thiocarbonyl (C=S) groups is 1. The van der Waals surface area contributed by atoms with Gasteiger partial charge in [0.2, 0.25) is 4.38 Å². The number of methoxy groups -OCH3 is 1. The zero-order valence-corrected chi connectivity index (χ0v) is 11.0. The van der Waals surface area contributed by atoms with Crippen LogP contribution < -0.4 is 0 Å². The van der Waals surface area contributed by atoms with Crippen LogP contribution in [0, 0.1) is 10.1 Å². The molecular weight excluding hydrogens is 276 g/mol. The van der Waals surface area contributed by atoms with Crippen LogP contribution in [-0.4, -0.2) is 33.1 Å². The van der Waals surface area contributed by atoms with Crippen molar-refractivity contribution in [3.63, 3.8) is 0 Å². The van der Waals surface area contributed by atoms with E-state index in [9.17, 15) is 10.1 Å². The number of oxime groups is 1. The third-order valence-corrected chi connectivity index (χ3v) is 3.37.